The minimum atomic E-state index is -0.603. The highest BCUT2D eigenvalue weighted by Gasteiger charge is 2.37. The number of benzene rings is 1. The second kappa shape index (κ2) is 7.23. The molecule has 25 heavy (non-hydrogen) atoms. The molecule has 0 saturated heterocycles. The van der Waals surface area contributed by atoms with Crippen molar-refractivity contribution in [3.63, 3.8) is 0 Å². The van der Waals surface area contributed by atoms with Crippen molar-refractivity contribution >= 4 is 34.9 Å². The van der Waals surface area contributed by atoms with Crippen LogP contribution in [0.3, 0.4) is 0 Å². The van der Waals surface area contributed by atoms with Gasteiger partial charge in [-0.05, 0) is 42.2 Å². The van der Waals surface area contributed by atoms with Crippen LogP contribution in [0.1, 0.15) is 25.8 Å². The predicted molar refractivity (Wildman–Crippen MR) is 98.8 cm³/mol. The molecule has 2 heterocycles. The molecule has 2 aromatic rings. The van der Waals surface area contributed by atoms with Crippen LogP contribution < -0.4 is 10.2 Å². The Kier molecular flexibility index (Phi) is 5.04. The Morgan fingerprint density at radius 1 is 1.32 bits per heavy atom. The summed E-state index contributed by atoms with van der Waals surface area (Å²) in [5.74, 6) is 0.391. The average molecular weight is 358 g/mol. The fourth-order valence-electron chi connectivity index (χ4n) is 3.06. The molecular formula is C19H20ClN3O2. The molecule has 0 bridgehead atoms. The van der Waals surface area contributed by atoms with Crippen LogP contribution in [0, 0.1) is 5.92 Å². The fraction of sp³-hybridized carbons (Fsp3) is 0.316. The smallest absolute Gasteiger partial charge is 0.248 e. The highest BCUT2D eigenvalue weighted by atomic mass is 35.5. The zero-order valence-electron chi connectivity index (χ0n) is 14.2. The van der Waals surface area contributed by atoms with Crippen LogP contribution in [-0.2, 0) is 16.0 Å². The molecule has 0 spiro atoms. The van der Waals surface area contributed by atoms with E-state index in [-0.39, 0.29) is 24.2 Å². The second-order valence-electron chi connectivity index (χ2n) is 6.56. The van der Waals surface area contributed by atoms with Crippen LogP contribution in [0.4, 0.5) is 11.5 Å². The van der Waals surface area contributed by atoms with Crippen molar-refractivity contribution < 1.29 is 9.59 Å². The van der Waals surface area contributed by atoms with Crippen LogP contribution in [0.2, 0.25) is 5.02 Å². The van der Waals surface area contributed by atoms with E-state index in [0.717, 1.165) is 11.3 Å². The summed E-state index contributed by atoms with van der Waals surface area (Å²) >= 11 is 6.11. The normalized spacial score (nSPS) is 14.6. The first-order valence-corrected chi connectivity index (χ1v) is 8.66. The summed E-state index contributed by atoms with van der Waals surface area (Å²) in [4.78, 5) is 31.2. The maximum absolute atomic E-state index is 12.9. The highest BCUT2D eigenvalue weighted by Crippen LogP contribution is 2.34. The van der Waals surface area contributed by atoms with Crippen molar-refractivity contribution in [2.75, 3.05) is 10.2 Å². The molecule has 1 atom stereocenters. The lowest BCUT2D eigenvalue weighted by Crippen LogP contribution is -2.46. The number of amides is 2. The van der Waals surface area contributed by atoms with Crippen molar-refractivity contribution in [2.24, 2.45) is 5.92 Å². The molecule has 0 fully saturated rings. The molecule has 130 valence electrons. The van der Waals surface area contributed by atoms with Crippen molar-refractivity contribution in [1.82, 2.24) is 4.98 Å². The van der Waals surface area contributed by atoms with Gasteiger partial charge in [0.2, 0.25) is 11.8 Å². The Bertz CT molecular complexity index is 793. The zero-order valence-corrected chi connectivity index (χ0v) is 15.0. The lowest BCUT2D eigenvalue weighted by Gasteiger charge is -2.29. The molecular weight excluding hydrogens is 338 g/mol. The first kappa shape index (κ1) is 17.4. The van der Waals surface area contributed by atoms with Crippen molar-refractivity contribution in [2.45, 2.75) is 32.7 Å². The first-order valence-electron chi connectivity index (χ1n) is 8.28. The highest BCUT2D eigenvalue weighted by molar-refractivity contribution is 6.31. The number of fused-ring (bicyclic) bond motifs is 1. The molecule has 2 amide bonds. The van der Waals surface area contributed by atoms with E-state index < -0.39 is 6.04 Å². The van der Waals surface area contributed by atoms with Gasteiger partial charge < -0.3 is 5.32 Å². The third kappa shape index (κ3) is 3.82. The molecule has 0 saturated carbocycles. The topological polar surface area (TPSA) is 62.3 Å². The largest absolute Gasteiger partial charge is 0.309 e. The minimum Gasteiger partial charge on any atom is -0.309 e. The minimum absolute atomic E-state index is 0.0842. The maximum atomic E-state index is 12.9. The Morgan fingerprint density at radius 3 is 2.80 bits per heavy atom. The molecule has 1 aromatic heterocycles. The van der Waals surface area contributed by atoms with Gasteiger partial charge >= 0.3 is 0 Å². The summed E-state index contributed by atoms with van der Waals surface area (Å²) in [6.07, 6.45) is 2.46. The Labute approximate surface area is 152 Å². The lowest BCUT2D eigenvalue weighted by atomic mass is 10.0. The second-order valence-corrected chi connectivity index (χ2v) is 7.00. The molecule has 1 aromatic carbocycles. The van der Waals surface area contributed by atoms with Gasteiger partial charge in [0.25, 0.3) is 0 Å². The third-order valence-corrected chi connectivity index (χ3v) is 4.38. The molecule has 1 unspecified atom stereocenters. The van der Waals surface area contributed by atoms with Gasteiger partial charge in [-0.2, -0.15) is 0 Å². The quantitative estimate of drug-likeness (QED) is 0.887. The van der Waals surface area contributed by atoms with E-state index in [4.69, 9.17) is 11.6 Å². The Balaban J connectivity index is 1.92. The van der Waals surface area contributed by atoms with E-state index >= 15 is 0 Å². The number of halogens is 1. The number of nitrogens with one attached hydrogen (secondary N) is 1. The van der Waals surface area contributed by atoms with Crippen molar-refractivity contribution in [3.8, 4) is 0 Å². The number of carbonyl (C=O) groups excluding carboxylic acids is 2. The summed E-state index contributed by atoms with van der Waals surface area (Å²) in [5.41, 5.74) is 1.62. The molecule has 5 nitrogen and oxygen atoms in total. The summed E-state index contributed by atoms with van der Waals surface area (Å²) in [5, 5.41) is 3.36. The number of hydrogen-bond donors (Lipinski definition) is 1. The Morgan fingerprint density at radius 2 is 2.12 bits per heavy atom. The SMILES string of the molecule is CC(C)CC(C(=O)Nc1ccccn1)N1C(=O)Cc2ccc(Cl)cc21. The number of rotatable bonds is 5. The van der Waals surface area contributed by atoms with E-state index in [2.05, 4.69) is 10.3 Å². The van der Waals surface area contributed by atoms with Gasteiger partial charge in [-0.3, -0.25) is 14.5 Å². The van der Waals surface area contributed by atoms with Gasteiger partial charge in [-0.25, -0.2) is 4.98 Å². The number of pyridine rings is 1. The summed E-state index contributed by atoms with van der Waals surface area (Å²) in [7, 11) is 0. The monoisotopic (exact) mass is 357 g/mol. The van der Waals surface area contributed by atoms with Crippen LogP contribution >= 0.6 is 11.6 Å². The Hall–Kier alpha value is -2.40. The molecule has 0 aliphatic carbocycles. The van der Waals surface area contributed by atoms with Gasteiger partial charge in [-0.1, -0.05) is 37.6 Å². The molecule has 1 N–H and O–H groups in total. The van der Waals surface area contributed by atoms with Gasteiger partial charge in [-0.15, -0.1) is 0 Å². The van der Waals surface area contributed by atoms with Crippen LogP contribution in [0.25, 0.3) is 0 Å². The van der Waals surface area contributed by atoms with E-state index in [1.807, 2.05) is 19.9 Å². The van der Waals surface area contributed by atoms with Crippen LogP contribution in [0.5, 0.6) is 0 Å². The predicted octanol–water partition coefficient (Wildman–Crippen LogP) is 3.68. The molecule has 1 aliphatic rings. The van der Waals surface area contributed by atoms with Crippen LogP contribution in [-0.4, -0.2) is 22.8 Å². The van der Waals surface area contributed by atoms with Gasteiger partial charge in [0.15, 0.2) is 0 Å². The molecule has 6 heteroatoms. The van der Waals surface area contributed by atoms with Gasteiger partial charge in [0.05, 0.1) is 6.42 Å². The van der Waals surface area contributed by atoms with Gasteiger partial charge in [0, 0.05) is 16.9 Å². The summed E-state index contributed by atoms with van der Waals surface area (Å²) in [6.45, 7) is 4.06. The van der Waals surface area contributed by atoms with E-state index in [0.29, 0.717) is 17.3 Å². The van der Waals surface area contributed by atoms with Gasteiger partial charge in [0.1, 0.15) is 11.9 Å². The standard InChI is InChI=1S/C19H20ClN3O2/c1-12(2)9-16(19(25)22-17-5-3-4-8-21-17)23-15-11-14(20)7-6-13(15)10-18(23)24/h3-8,11-12,16H,9-10H2,1-2H3,(H,21,22,25). The van der Waals surface area contributed by atoms with E-state index in [9.17, 15) is 9.59 Å². The first-order chi connectivity index (χ1) is 12.0. The maximum Gasteiger partial charge on any atom is 0.248 e. The number of anilines is 2. The molecule has 1 aliphatic heterocycles. The summed E-state index contributed by atoms with van der Waals surface area (Å²) < 4.78 is 0. The molecule has 3 rings (SSSR count). The van der Waals surface area contributed by atoms with Crippen molar-refractivity contribution in [1.29, 1.82) is 0 Å². The number of hydrogen-bond acceptors (Lipinski definition) is 3. The third-order valence-electron chi connectivity index (χ3n) is 4.14. The lowest BCUT2D eigenvalue weighted by molar-refractivity contribution is -0.123. The summed E-state index contributed by atoms with van der Waals surface area (Å²) in [6, 6.07) is 10.1. The van der Waals surface area contributed by atoms with E-state index in [1.165, 1.54) is 0 Å². The number of carbonyl (C=O) groups is 2. The van der Waals surface area contributed by atoms with Crippen LogP contribution in [0.15, 0.2) is 42.6 Å². The number of nitrogens with zero attached hydrogens (tertiary/aromatic N) is 2. The average Bonchev–Trinajstić information content (AvgIpc) is 2.88. The zero-order chi connectivity index (χ0) is 18.0. The fourth-order valence-corrected chi connectivity index (χ4v) is 3.22. The molecule has 0 radical (unpaired) electrons. The van der Waals surface area contributed by atoms with E-state index in [1.54, 1.807) is 41.4 Å². The number of aromatic nitrogens is 1. The van der Waals surface area contributed by atoms with Crippen molar-refractivity contribution in [3.05, 3.63) is 53.2 Å².